The van der Waals surface area contributed by atoms with Crippen LogP contribution in [0.5, 0.6) is 5.75 Å². The standard InChI is InChI=1S/C13H11N3O2S2/c1-8-14-7-9(20-8)3-4-10-11(18-2)12(17)16-5-6-19-13(16)15-10/h3-7H,1-2H3. The van der Waals surface area contributed by atoms with Gasteiger partial charge in [-0.15, -0.1) is 22.7 Å². The Bertz CT molecular complexity index is 845. The minimum Gasteiger partial charge on any atom is -0.490 e. The minimum atomic E-state index is -0.195. The summed E-state index contributed by atoms with van der Waals surface area (Å²) in [6.45, 7) is 1.95. The number of rotatable bonds is 3. The van der Waals surface area contributed by atoms with E-state index in [-0.39, 0.29) is 11.3 Å². The third-order valence-corrected chi connectivity index (χ3v) is 4.33. The fourth-order valence-electron chi connectivity index (χ4n) is 1.80. The summed E-state index contributed by atoms with van der Waals surface area (Å²) < 4.78 is 6.68. The molecule has 5 nitrogen and oxygen atoms in total. The van der Waals surface area contributed by atoms with E-state index < -0.39 is 0 Å². The molecule has 0 saturated heterocycles. The molecule has 3 aromatic rings. The van der Waals surface area contributed by atoms with Crippen molar-refractivity contribution in [1.29, 1.82) is 0 Å². The van der Waals surface area contributed by atoms with Crippen LogP contribution in [0.25, 0.3) is 17.1 Å². The summed E-state index contributed by atoms with van der Waals surface area (Å²) in [4.78, 5) is 22.5. The summed E-state index contributed by atoms with van der Waals surface area (Å²) in [5.74, 6) is 0.249. The molecule has 3 heterocycles. The van der Waals surface area contributed by atoms with Gasteiger partial charge in [-0.1, -0.05) is 0 Å². The van der Waals surface area contributed by atoms with Crippen LogP contribution in [-0.2, 0) is 0 Å². The molecule has 0 bridgehead atoms. The quantitative estimate of drug-likeness (QED) is 0.746. The molecule has 0 N–H and O–H groups in total. The number of thiazole rings is 2. The van der Waals surface area contributed by atoms with Crippen molar-refractivity contribution in [2.24, 2.45) is 0 Å². The van der Waals surface area contributed by atoms with Gasteiger partial charge >= 0.3 is 5.56 Å². The van der Waals surface area contributed by atoms with E-state index in [4.69, 9.17) is 4.74 Å². The second-order valence-corrected chi connectivity index (χ2v) is 6.15. The third-order valence-electron chi connectivity index (χ3n) is 2.70. The fourth-order valence-corrected chi connectivity index (χ4v) is 3.20. The lowest BCUT2D eigenvalue weighted by Crippen LogP contribution is -2.16. The first-order chi connectivity index (χ1) is 9.69. The SMILES string of the molecule is COc1c(C=Cc2cnc(C)s2)nc2sccn2c1=O. The van der Waals surface area contributed by atoms with Gasteiger partial charge in [0.05, 0.1) is 12.1 Å². The minimum absolute atomic E-state index is 0.195. The van der Waals surface area contributed by atoms with Crippen molar-refractivity contribution in [1.82, 2.24) is 14.4 Å². The van der Waals surface area contributed by atoms with Crippen LogP contribution in [0.3, 0.4) is 0 Å². The number of ether oxygens (including phenoxy) is 1. The Kier molecular flexibility index (Phi) is 3.37. The fraction of sp³-hybridized carbons (Fsp3) is 0.154. The van der Waals surface area contributed by atoms with E-state index in [2.05, 4.69) is 9.97 Å². The van der Waals surface area contributed by atoms with Crippen molar-refractivity contribution in [3.8, 4) is 5.75 Å². The second-order valence-electron chi connectivity index (χ2n) is 4.01. The van der Waals surface area contributed by atoms with Gasteiger partial charge < -0.3 is 4.74 Å². The Balaban J connectivity index is 2.10. The molecule has 0 fully saturated rings. The third kappa shape index (κ3) is 2.25. The van der Waals surface area contributed by atoms with Crippen LogP contribution in [0.2, 0.25) is 0 Å². The molecular formula is C13H11N3O2S2. The van der Waals surface area contributed by atoms with E-state index in [1.807, 2.05) is 18.4 Å². The highest BCUT2D eigenvalue weighted by molar-refractivity contribution is 7.15. The Labute approximate surface area is 122 Å². The number of fused-ring (bicyclic) bond motifs is 1. The molecule has 0 spiro atoms. The van der Waals surface area contributed by atoms with Crippen molar-refractivity contribution < 1.29 is 4.74 Å². The lowest BCUT2D eigenvalue weighted by Gasteiger charge is -2.03. The molecule has 0 unspecified atom stereocenters. The van der Waals surface area contributed by atoms with Crippen LogP contribution in [-0.4, -0.2) is 21.5 Å². The van der Waals surface area contributed by atoms with Crippen LogP contribution in [0, 0.1) is 6.92 Å². The van der Waals surface area contributed by atoms with Crippen LogP contribution in [0.15, 0.2) is 22.6 Å². The number of hydrogen-bond donors (Lipinski definition) is 0. The molecule has 102 valence electrons. The number of hydrogen-bond acceptors (Lipinski definition) is 6. The lowest BCUT2D eigenvalue weighted by molar-refractivity contribution is 0.404. The molecule has 0 amide bonds. The van der Waals surface area contributed by atoms with E-state index in [9.17, 15) is 4.79 Å². The van der Waals surface area contributed by atoms with E-state index >= 15 is 0 Å². The summed E-state index contributed by atoms with van der Waals surface area (Å²) in [6.07, 6.45) is 7.16. The van der Waals surface area contributed by atoms with E-state index in [1.54, 1.807) is 29.8 Å². The van der Waals surface area contributed by atoms with E-state index in [1.165, 1.54) is 22.8 Å². The molecule has 0 aromatic carbocycles. The largest absolute Gasteiger partial charge is 0.490 e. The predicted molar refractivity (Wildman–Crippen MR) is 81.7 cm³/mol. The molecule has 7 heteroatoms. The first-order valence-corrected chi connectivity index (χ1v) is 7.53. The van der Waals surface area contributed by atoms with Crippen molar-refractivity contribution in [2.75, 3.05) is 7.11 Å². The average molecular weight is 305 g/mol. The molecule has 3 aromatic heterocycles. The normalized spacial score (nSPS) is 11.5. The molecule has 0 aliphatic carbocycles. The maximum Gasteiger partial charge on any atom is 0.301 e. The van der Waals surface area contributed by atoms with Crippen molar-refractivity contribution >= 4 is 39.8 Å². The van der Waals surface area contributed by atoms with Crippen molar-refractivity contribution in [3.63, 3.8) is 0 Å². The zero-order chi connectivity index (χ0) is 14.1. The second kappa shape index (κ2) is 5.18. The highest BCUT2D eigenvalue weighted by Crippen LogP contribution is 2.19. The summed E-state index contributed by atoms with van der Waals surface area (Å²) in [5.41, 5.74) is 0.338. The topological polar surface area (TPSA) is 56.5 Å². The van der Waals surface area contributed by atoms with Crippen molar-refractivity contribution in [3.05, 3.63) is 43.7 Å². The van der Waals surface area contributed by atoms with Crippen LogP contribution in [0.1, 0.15) is 15.6 Å². The van der Waals surface area contributed by atoms with Gasteiger partial charge in [-0.05, 0) is 19.1 Å². The zero-order valence-electron chi connectivity index (χ0n) is 10.9. The lowest BCUT2D eigenvalue weighted by atomic mass is 10.3. The average Bonchev–Trinajstić information content (AvgIpc) is 3.05. The van der Waals surface area contributed by atoms with Gasteiger partial charge in [-0.3, -0.25) is 9.20 Å². The number of nitrogens with zero attached hydrogens (tertiary/aromatic N) is 3. The molecule has 0 radical (unpaired) electrons. The molecule has 0 aliphatic rings. The van der Waals surface area contributed by atoms with Crippen LogP contribution < -0.4 is 10.3 Å². The van der Waals surface area contributed by atoms with E-state index in [0.717, 1.165) is 9.88 Å². The molecule has 0 saturated carbocycles. The van der Waals surface area contributed by atoms with Crippen LogP contribution in [0.4, 0.5) is 0 Å². The summed E-state index contributed by atoms with van der Waals surface area (Å²) in [5, 5.41) is 2.82. The highest BCUT2D eigenvalue weighted by Gasteiger charge is 2.11. The molecule has 0 aliphatic heterocycles. The predicted octanol–water partition coefficient (Wildman–Crippen LogP) is 2.70. The Morgan fingerprint density at radius 3 is 2.95 bits per heavy atom. The zero-order valence-corrected chi connectivity index (χ0v) is 12.5. The summed E-state index contributed by atoms with van der Waals surface area (Å²) in [6, 6.07) is 0. The molecule has 20 heavy (non-hydrogen) atoms. The van der Waals surface area contributed by atoms with Gasteiger partial charge in [0.1, 0.15) is 5.69 Å². The first-order valence-electron chi connectivity index (χ1n) is 5.83. The van der Waals surface area contributed by atoms with Gasteiger partial charge in [-0.2, -0.15) is 0 Å². The Morgan fingerprint density at radius 1 is 1.40 bits per heavy atom. The molecule has 3 rings (SSSR count). The van der Waals surface area contributed by atoms with Gasteiger partial charge in [0.25, 0.3) is 0 Å². The van der Waals surface area contributed by atoms with Crippen LogP contribution >= 0.6 is 22.7 Å². The first kappa shape index (κ1) is 13.0. The highest BCUT2D eigenvalue weighted by atomic mass is 32.1. The summed E-state index contributed by atoms with van der Waals surface area (Å²) in [7, 11) is 1.48. The van der Waals surface area contributed by atoms with Gasteiger partial charge in [0.2, 0.25) is 5.75 Å². The van der Waals surface area contributed by atoms with E-state index in [0.29, 0.717) is 10.7 Å². The number of aryl methyl sites for hydroxylation is 1. The van der Waals surface area contributed by atoms with Crippen molar-refractivity contribution in [2.45, 2.75) is 6.92 Å². The smallest absolute Gasteiger partial charge is 0.301 e. The van der Waals surface area contributed by atoms with Gasteiger partial charge in [-0.25, -0.2) is 9.97 Å². The number of aromatic nitrogens is 3. The maximum absolute atomic E-state index is 12.2. The van der Waals surface area contributed by atoms with Gasteiger partial charge in [0, 0.05) is 22.7 Å². The Hall–Kier alpha value is -1.99. The Morgan fingerprint density at radius 2 is 2.25 bits per heavy atom. The maximum atomic E-state index is 12.2. The monoisotopic (exact) mass is 305 g/mol. The molecular weight excluding hydrogens is 294 g/mol. The summed E-state index contributed by atoms with van der Waals surface area (Å²) >= 11 is 3.00. The number of methoxy groups -OCH3 is 1. The van der Waals surface area contributed by atoms with Gasteiger partial charge in [0.15, 0.2) is 4.96 Å². The molecule has 0 atom stereocenters.